The normalized spacial score (nSPS) is 13.9. The summed E-state index contributed by atoms with van der Waals surface area (Å²) < 4.78 is 7.39. The highest BCUT2D eigenvalue weighted by atomic mass is 16.5. The second kappa shape index (κ2) is 7.27. The molecule has 1 aromatic heterocycles. The fourth-order valence-electron chi connectivity index (χ4n) is 2.45. The zero-order valence-corrected chi connectivity index (χ0v) is 13.3. The summed E-state index contributed by atoms with van der Waals surface area (Å²) in [5, 5.41) is 3.47. The lowest BCUT2D eigenvalue weighted by Crippen LogP contribution is -2.17. The number of ether oxygens (including phenoxy) is 1. The van der Waals surface area contributed by atoms with Gasteiger partial charge in [0, 0.05) is 19.9 Å². The Morgan fingerprint density at radius 2 is 1.95 bits per heavy atom. The minimum Gasteiger partial charge on any atom is -0.383 e. The maximum Gasteiger partial charge on any atom is 0.203 e. The summed E-state index contributed by atoms with van der Waals surface area (Å²) in [4.78, 5) is 4.58. The van der Waals surface area contributed by atoms with Gasteiger partial charge in [0.25, 0.3) is 0 Å². The Morgan fingerprint density at radius 3 is 2.62 bits per heavy atom. The lowest BCUT2D eigenvalue weighted by Gasteiger charge is -2.18. The molecule has 2 atom stereocenters. The van der Waals surface area contributed by atoms with Crippen molar-refractivity contribution in [2.45, 2.75) is 32.7 Å². The third-order valence-corrected chi connectivity index (χ3v) is 3.67. The highest BCUT2D eigenvalue weighted by Gasteiger charge is 2.13. The van der Waals surface area contributed by atoms with Crippen molar-refractivity contribution in [3.8, 4) is 0 Å². The highest BCUT2D eigenvalue weighted by Crippen LogP contribution is 2.19. The summed E-state index contributed by atoms with van der Waals surface area (Å²) >= 11 is 0. The second-order valence-corrected chi connectivity index (χ2v) is 5.61. The van der Waals surface area contributed by atoms with E-state index in [4.69, 9.17) is 4.74 Å². The number of aromatic nitrogens is 2. The minimum atomic E-state index is 0.269. The Bertz CT molecular complexity index is 550. The van der Waals surface area contributed by atoms with Gasteiger partial charge in [0.15, 0.2) is 0 Å². The zero-order chi connectivity index (χ0) is 15.2. The first-order valence-corrected chi connectivity index (χ1v) is 7.45. The van der Waals surface area contributed by atoms with Crippen LogP contribution in [0.4, 0.5) is 5.95 Å². The molecule has 2 rings (SSSR count). The van der Waals surface area contributed by atoms with Gasteiger partial charge in [-0.1, -0.05) is 37.3 Å². The molecule has 21 heavy (non-hydrogen) atoms. The summed E-state index contributed by atoms with van der Waals surface area (Å²) in [6, 6.07) is 10.8. The number of anilines is 1. The number of hydrogen-bond donors (Lipinski definition) is 1. The van der Waals surface area contributed by atoms with Crippen LogP contribution in [0, 0.1) is 6.92 Å². The molecule has 4 heteroatoms. The van der Waals surface area contributed by atoms with Crippen LogP contribution in [0.1, 0.15) is 37.1 Å². The summed E-state index contributed by atoms with van der Waals surface area (Å²) in [6.07, 6.45) is 2.07. The van der Waals surface area contributed by atoms with E-state index in [0.29, 0.717) is 12.5 Å². The molecule has 0 aliphatic heterocycles. The number of nitrogens with one attached hydrogen (secondary N) is 1. The van der Waals surface area contributed by atoms with Crippen molar-refractivity contribution in [2.24, 2.45) is 0 Å². The molecular formula is C17H25N3O. The van der Waals surface area contributed by atoms with Gasteiger partial charge in [0.2, 0.25) is 5.95 Å². The average molecular weight is 287 g/mol. The van der Waals surface area contributed by atoms with Gasteiger partial charge in [-0.05, 0) is 25.3 Å². The monoisotopic (exact) mass is 287 g/mol. The van der Waals surface area contributed by atoms with Crippen LogP contribution in [0.15, 0.2) is 36.5 Å². The maximum absolute atomic E-state index is 5.24. The Labute approximate surface area is 127 Å². The van der Waals surface area contributed by atoms with Crippen LogP contribution in [-0.2, 0) is 4.74 Å². The first kappa shape index (κ1) is 15.6. The molecule has 114 valence electrons. The minimum absolute atomic E-state index is 0.269. The lowest BCUT2D eigenvalue weighted by molar-refractivity contribution is 0.163. The van der Waals surface area contributed by atoms with Gasteiger partial charge in [-0.3, -0.25) is 0 Å². The largest absolute Gasteiger partial charge is 0.383 e. The fourth-order valence-corrected chi connectivity index (χ4v) is 2.45. The molecule has 0 aliphatic carbocycles. The summed E-state index contributed by atoms with van der Waals surface area (Å²) in [5.74, 6) is 1.36. The van der Waals surface area contributed by atoms with Crippen molar-refractivity contribution < 1.29 is 4.74 Å². The standard InChI is InChI=1S/C17H25N3O/c1-13(16-8-6-5-7-9-16)10-18-17-19-14(2)11-20(17)15(3)12-21-4/h5-9,11,13,15H,10,12H2,1-4H3,(H,18,19). The van der Waals surface area contributed by atoms with Crippen molar-refractivity contribution in [2.75, 3.05) is 25.6 Å². The predicted molar refractivity (Wildman–Crippen MR) is 86.9 cm³/mol. The quantitative estimate of drug-likeness (QED) is 0.845. The van der Waals surface area contributed by atoms with Crippen LogP contribution in [0.25, 0.3) is 0 Å². The number of methoxy groups -OCH3 is 1. The van der Waals surface area contributed by atoms with Crippen LogP contribution in [0.5, 0.6) is 0 Å². The van der Waals surface area contributed by atoms with Crippen molar-refractivity contribution in [1.29, 1.82) is 0 Å². The molecule has 1 heterocycles. The molecule has 0 saturated heterocycles. The lowest BCUT2D eigenvalue weighted by atomic mass is 10.0. The van der Waals surface area contributed by atoms with Gasteiger partial charge >= 0.3 is 0 Å². The zero-order valence-electron chi connectivity index (χ0n) is 13.3. The molecule has 4 nitrogen and oxygen atoms in total. The van der Waals surface area contributed by atoms with Crippen LogP contribution in [0.3, 0.4) is 0 Å². The van der Waals surface area contributed by atoms with Gasteiger partial charge in [0.1, 0.15) is 0 Å². The topological polar surface area (TPSA) is 39.1 Å². The van der Waals surface area contributed by atoms with Crippen molar-refractivity contribution in [1.82, 2.24) is 9.55 Å². The summed E-state index contributed by atoms with van der Waals surface area (Å²) in [6.45, 7) is 7.91. The van der Waals surface area contributed by atoms with E-state index < -0.39 is 0 Å². The van der Waals surface area contributed by atoms with Crippen LogP contribution < -0.4 is 5.32 Å². The van der Waals surface area contributed by atoms with Crippen molar-refractivity contribution in [3.63, 3.8) is 0 Å². The van der Waals surface area contributed by atoms with Crippen molar-refractivity contribution >= 4 is 5.95 Å². The molecule has 0 fully saturated rings. The summed E-state index contributed by atoms with van der Waals surface area (Å²) in [5.41, 5.74) is 2.36. The number of rotatable bonds is 7. The van der Waals surface area contributed by atoms with E-state index in [-0.39, 0.29) is 6.04 Å². The SMILES string of the molecule is COCC(C)n1cc(C)nc1NCC(C)c1ccccc1. The predicted octanol–water partition coefficient (Wildman–Crippen LogP) is 3.61. The second-order valence-electron chi connectivity index (χ2n) is 5.61. The molecule has 0 amide bonds. The maximum atomic E-state index is 5.24. The third kappa shape index (κ3) is 4.08. The first-order chi connectivity index (χ1) is 10.1. The average Bonchev–Trinajstić information content (AvgIpc) is 2.87. The Kier molecular flexibility index (Phi) is 5.39. The first-order valence-electron chi connectivity index (χ1n) is 7.45. The van der Waals surface area contributed by atoms with Gasteiger partial charge in [0.05, 0.1) is 18.3 Å². The summed E-state index contributed by atoms with van der Waals surface area (Å²) in [7, 11) is 1.73. The Balaban J connectivity index is 2.03. The van der Waals surface area contributed by atoms with E-state index in [1.807, 2.05) is 13.0 Å². The molecule has 0 aliphatic rings. The van der Waals surface area contributed by atoms with Gasteiger partial charge in [-0.2, -0.15) is 0 Å². The van der Waals surface area contributed by atoms with Gasteiger partial charge < -0.3 is 14.6 Å². The van der Waals surface area contributed by atoms with E-state index in [2.05, 4.69) is 59.2 Å². The molecule has 1 N–H and O–H groups in total. The molecule has 2 unspecified atom stereocenters. The van der Waals surface area contributed by atoms with E-state index >= 15 is 0 Å². The number of imidazole rings is 1. The molecule has 2 aromatic rings. The Hall–Kier alpha value is -1.81. The number of hydrogen-bond acceptors (Lipinski definition) is 3. The molecule has 0 spiro atoms. The van der Waals surface area contributed by atoms with E-state index in [1.165, 1.54) is 5.56 Å². The molecule has 0 saturated carbocycles. The molecular weight excluding hydrogens is 262 g/mol. The Morgan fingerprint density at radius 1 is 1.24 bits per heavy atom. The third-order valence-electron chi connectivity index (χ3n) is 3.67. The van der Waals surface area contributed by atoms with E-state index in [0.717, 1.165) is 18.2 Å². The van der Waals surface area contributed by atoms with Crippen LogP contribution in [-0.4, -0.2) is 29.8 Å². The van der Waals surface area contributed by atoms with Crippen molar-refractivity contribution in [3.05, 3.63) is 47.8 Å². The van der Waals surface area contributed by atoms with Crippen LogP contribution in [0.2, 0.25) is 0 Å². The number of aryl methyl sites for hydroxylation is 1. The smallest absolute Gasteiger partial charge is 0.203 e. The number of benzene rings is 1. The fraction of sp³-hybridized carbons (Fsp3) is 0.471. The van der Waals surface area contributed by atoms with E-state index in [9.17, 15) is 0 Å². The molecule has 1 aromatic carbocycles. The van der Waals surface area contributed by atoms with Gasteiger partial charge in [-0.15, -0.1) is 0 Å². The molecule has 0 bridgehead atoms. The van der Waals surface area contributed by atoms with Crippen LogP contribution >= 0.6 is 0 Å². The molecule has 0 radical (unpaired) electrons. The van der Waals surface area contributed by atoms with Gasteiger partial charge in [-0.25, -0.2) is 4.98 Å². The highest BCUT2D eigenvalue weighted by molar-refractivity contribution is 5.31. The number of nitrogens with zero attached hydrogens (tertiary/aromatic N) is 2. The van der Waals surface area contributed by atoms with E-state index in [1.54, 1.807) is 7.11 Å².